The normalized spacial score (nSPS) is 13.2. The summed E-state index contributed by atoms with van der Waals surface area (Å²) in [5.41, 5.74) is 8.93. The topological polar surface area (TPSA) is 49.6 Å². The van der Waals surface area contributed by atoms with Gasteiger partial charge < -0.3 is 0 Å². The van der Waals surface area contributed by atoms with Crippen molar-refractivity contribution in [2.75, 3.05) is 0 Å². The third kappa shape index (κ3) is 3.24. The molecular weight excluding hydrogens is 344 g/mol. The van der Waals surface area contributed by atoms with E-state index in [9.17, 15) is 0 Å². The second-order valence-electron chi connectivity index (χ2n) is 5.99. The molecule has 1 aliphatic heterocycles. The highest BCUT2D eigenvalue weighted by Gasteiger charge is 2.17. The minimum Gasteiger partial charge on any atom is -0.264 e. The maximum atomic E-state index is 6.01. The van der Waals surface area contributed by atoms with E-state index in [1.54, 1.807) is 6.20 Å². The molecule has 1 aromatic heterocycles. The molecule has 2 heterocycles. The van der Waals surface area contributed by atoms with Crippen molar-refractivity contribution in [2.24, 2.45) is 10.1 Å². The van der Waals surface area contributed by atoms with Crippen molar-refractivity contribution in [3.63, 3.8) is 0 Å². The Kier molecular flexibility index (Phi) is 4.50. The molecule has 0 amide bonds. The minimum atomic E-state index is 0.686. The summed E-state index contributed by atoms with van der Waals surface area (Å²) in [4.78, 5) is 9.05. The quantitative estimate of drug-likeness (QED) is 0.734. The van der Waals surface area contributed by atoms with E-state index in [4.69, 9.17) is 16.6 Å². The number of benzene rings is 2. The summed E-state index contributed by atoms with van der Waals surface area (Å²) in [6.07, 6.45) is 4.53. The minimum absolute atomic E-state index is 0.686. The fraction of sp³-hybridized carbons (Fsp3) is 0.0952. The average Bonchev–Trinajstić information content (AvgIpc) is 2.88. The number of nitrogens with zero attached hydrogens (tertiary/aromatic N) is 3. The van der Waals surface area contributed by atoms with E-state index in [-0.39, 0.29) is 0 Å². The first-order chi connectivity index (χ1) is 12.7. The fourth-order valence-corrected chi connectivity index (χ4v) is 2.99. The molecule has 2 aromatic carbocycles. The van der Waals surface area contributed by atoms with Crippen molar-refractivity contribution in [2.45, 2.75) is 13.3 Å². The molecule has 5 heteroatoms. The Balaban J connectivity index is 1.87. The van der Waals surface area contributed by atoms with Gasteiger partial charge in [0.2, 0.25) is 0 Å². The van der Waals surface area contributed by atoms with Crippen LogP contribution < -0.4 is 5.43 Å². The number of aryl methyl sites for hydroxylation is 1. The van der Waals surface area contributed by atoms with Crippen molar-refractivity contribution in [1.29, 1.82) is 0 Å². The number of aliphatic imine (C=N–C) groups is 1. The molecule has 0 atom stereocenters. The predicted molar refractivity (Wildman–Crippen MR) is 106 cm³/mol. The maximum Gasteiger partial charge on any atom is 0.154 e. The summed E-state index contributed by atoms with van der Waals surface area (Å²) in [7, 11) is 0. The van der Waals surface area contributed by atoms with Crippen LogP contribution in [-0.2, 0) is 6.42 Å². The SMILES string of the molecule is CCc1ccc2c(c1)C(c1cccnc1)=NNC(c1ccc(Cl)cc1)=N2. The summed E-state index contributed by atoms with van der Waals surface area (Å²) < 4.78 is 0. The molecule has 1 aliphatic rings. The highest BCUT2D eigenvalue weighted by Crippen LogP contribution is 2.27. The van der Waals surface area contributed by atoms with Crippen molar-refractivity contribution in [1.82, 2.24) is 10.4 Å². The molecule has 0 fully saturated rings. The van der Waals surface area contributed by atoms with Gasteiger partial charge in [0.05, 0.1) is 5.69 Å². The van der Waals surface area contributed by atoms with Crippen molar-refractivity contribution >= 4 is 28.8 Å². The van der Waals surface area contributed by atoms with Gasteiger partial charge in [0.15, 0.2) is 5.84 Å². The molecule has 3 aromatic rings. The highest BCUT2D eigenvalue weighted by molar-refractivity contribution is 6.30. The number of hydrazone groups is 1. The number of aromatic nitrogens is 1. The number of amidine groups is 1. The first-order valence-electron chi connectivity index (χ1n) is 8.46. The van der Waals surface area contributed by atoms with Crippen LogP contribution in [0.15, 0.2) is 77.1 Å². The second kappa shape index (κ2) is 7.10. The Bertz CT molecular complexity index is 992. The summed E-state index contributed by atoms with van der Waals surface area (Å²) in [6, 6.07) is 17.8. The molecule has 1 N–H and O–H groups in total. The van der Waals surface area contributed by atoms with E-state index < -0.39 is 0 Å². The van der Waals surface area contributed by atoms with Gasteiger partial charge in [0, 0.05) is 34.1 Å². The Morgan fingerprint density at radius 3 is 2.58 bits per heavy atom. The zero-order valence-electron chi connectivity index (χ0n) is 14.3. The highest BCUT2D eigenvalue weighted by atomic mass is 35.5. The van der Waals surface area contributed by atoms with Crippen LogP contribution in [0.5, 0.6) is 0 Å². The van der Waals surface area contributed by atoms with Crippen molar-refractivity contribution in [3.05, 3.63) is 94.3 Å². The monoisotopic (exact) mass is 360 g/mol. The Labute approximate surface area is 157 Å². The lowest BCUT2D eigenvalue weighted by molar-refractivity contribution is 1.03. The van der Waals surface area contributed by atoms with E-state index in [1.165, 1.54) is 5.56 Å². The van der Waals surface area contributed by atoms with E-state index in [0.717, 1.165) is 34.5 Å². The van der Waals surface area contributed by atoms with Crippen molar-refractivity contribution < 1.29 is 0 Å². The Hall–Kier alpha value is -2.98. The largest absolute Gasteiger partial charge is 0.264 e. The maximum absolute atomic E-state index is 6.01. The second-order valence-corrected chi connectivity index (χ2v) is 6.42. The van der Waals surface area contributed by atoms with Gasteiger partial charge >= 0.3 is 0 Å². The summed E-state index contributed by atoms with van der Waals surface area (Å²) in [6.45, 7) is 2.14. The van der Waals surface area contributed by atoms with E-state index in [0.29, 0.717) is 10.9 Å². The smallest absolute Gasteiger partial charge is 0.154 e. The molecule has 26 heavy (non-hydrogen) atoms. The lowest BCUT2D eigenvalue weighted by atomic mass is 9.99. The summed E-state index contributed by atoms with van der Waals surface area (Å²) in [5, 5.41) is 5.34. The van der Waals surface area contributed by atoms with Crippen LogP contribution >= 0.6 is 11.6 Å². The third-order valence-corrected chi connectivity index (χ3v) is 4.53. The number of nitrogens with one attached hydrogen (secondary N) is 1. The number of hydrogen-bond donors (Lipinski definition) is 1. The van der Waals surface area contributed by atoms with Crippen LogP contribution in [-0.4, -0.2) is 16.5 Å². The van der Waals surface area contributed by atoms with Gasteiger partial charge in [-0.15, -0.1) is 0 Å². The Morgan fingerprint density at radius 2 is 1.85 bits per heavy atom. The Morgan fingerprint density at radius 1 is 1.00 bits per heavy atom. The van der Waals surface area contributed by atoms with Gasteiger partial charge in [0.1, 0.15) is 5.71 Å². The molecular formula is C21H17ClN4. The molecule has 0 bridgehead atoms. The molecule has 4 rings (SSSR count). The average molecular weight is 361 g/mol. The molecule has 0 radical (unpaired) electrons. The molecule has 0 saturated heterocycles. The van der Waals surface area contributed by atoms with Gasteiger partial charge in [0.25, 0.3) is 0 Å². The van der Waals surface area contributed by atoms with Crippen LogP contribution in [0.2, 0.25) is 5.02 Å². The standard InChI is InChI=1S/C21H17ClN4/c1-2-14-5-10-19-18(12-14)20(16-4-3-11-23-13-16)25-26-21(24-19)15-6-8-17(22)9-7-15/h3-13H,2H2,1H3,(H,24,26). The van der Waals surface area contributed by atoms with Gasteiger partial charge in [-0.2, -0.15) is 5.10 Å². The lowest BCUT2D eigenvalue weighted by Crippen LogP contribution is -2.19. The van der Waals surface area contributed by atoms with Gasteiger partial charge in [-0.3, -0.25) is 10.4 Å². The number of halogens is 1. The van der Waals surface area contributed by atoms with E-state index >= 15 is 0 Å². The lowest BCUT2D eigenvalue weighted by Gasteiger charge is -2.09. The van der Waals surface area contributed by atoms with E-state index in [2.05, 4.69) is 34.6 Å². The zero-order chi connectivity index (χ0) is 17.9. The summed E-state index contributed by atoms with van der Waals surface area (Å²) in [5.74, 6) is 0.686. The number of rotatable bonds is 3. The van der Waals surface area contributed by atoms with Crippen molar-refractivity contribution in [3.8, 4) is 0 Å². The van der Waals surface area contributed by atoms with E-state index in [1.807, 2.05) is 48.7 Å². The third-order valence-electron chi connectivity index (χ3n) is 4.28. The van der Waals surface area contributed by atoms with Crippen LogP contribution in [0, 0.1) is 0 Å². The summed E-state index contributed by atoms with van der Waals surface area (Å²) >= 11 is 6.01. The number of fused-ring (bicyclic) bond motifs is 1. The first kappa shape index (κ1) is 16.5. The molecule has 128 valence electrons. The van der Waals surface area contributed by atoms with Gasteiger partial charge in [-0.1, -0.05) is 24.6 Å². The molecule has 0 aliphatic carbocycles. The molecule has 0 spiro atoms. The number of pyridine rings is 1. The van der Waals surface area contributed by atoms with Gasteiger partial charge in [-0.25, -0.2) is 4.99 Å². The first-order valence-corrected chi connectivity index (χ1v) is 8.84. The van der Waals surface area contributed by atoms with Crippen LogP contribution in [0.25, 0.3) is 0 Å². The number of hydrogen-bond acceptors (Lipinski definition) is 4. The van der Waals surface area contributed by atoms with Crippen LogP contribution in [0.4, 0.5) is 5.69 Å². The predicted octanol–water partition coefficient (Wildman–Crippen LogP) is 4.73. The van der Waals surface area contributed by atoms with Gasteiger partial charge in [-0.05, 0) is 60.5 Å². The molecule has 4 nitrogen and oxygen atoms in total. The van der Waals surface area contributed by atoms with Crippen LogP contribution in [0.3, 0.4) is 0 Å². The fourth-order valence-electron chi connectivity index (χ4n) is 2.86. The molecule has 0 saturated carbocycles. The zero-order valence-corrected chi connectivity index (χ0v) is 15.0. The molecule has 0 unspecified atom stereocenters. The van der Waals surface area contributed by atoms with Crippen LogP contribution in [0.1, 0.15) is 29.2 Å².